The highest BCUT2D eigenvalue weighted by molar-refractivity contribution is 8.26. The number of rotatable bonds is 6. The number of thiocarbonyl (C=S) groups is 1. The van der Waals surface area contributed by atoms with Crippen molar-refractivity contribution < 1.29 is 4.79 Å². The number of nitrogens with one attached hydrogen (secondary N) is 1. The van der Waals surface area contributed by atoms with Gasteiger partial charge in [0.15, 0.2) is 0 Å². The molecule has 6 nitrogen and oxygen atoms in total. The highest BCUT2D eigenvalue weighted by atomic mass is 32.2. The summed E-state index contributed by atoms with van der Waals surface area (Å²) in [5.41, 5.74) is 1.50. The number of pyridine rings is 1. The minimum Gasteiger partial charge on any atom is -0.366 e. The van der Waals surface area contributed by atoms with E-state index in [1.165, 1.54) is 9.30 Å². The van der Waals surface area contributed by atoms with Crippen molar-refractivity contribution in [3.63, 3.8) is 0 Å². The molecule has 0 aliphatic carbocycles. The number of nitrogens with zero attached hydrogens (tertiary/aromatic N) is 3. The number of amides is 1. The van der Waals surface area contributed by atoms with E-state index in [9.17, 15) is 9.59 Å². The van der Waals surface area contributed by atoms with Crippen molar-refractivity contribution >= 4 is 51.7 Å². The van der Waals surface area contributed by atoms with Gasteiger partial charge in [0.1, 0.15) is 15.8 Å². The predicted molar refractivity (Wildman–Crippen MR) is 115 cm³/mol. The first-order chi connectivity index (χ1) is 13.0. The quantitative estimate of drug-likeness (QED) is 0.458. The molecule has 1 saturated heterocycles. The summed E-state index contributed by atoms with van der Waals surface area (Å²) in [6.45, 7) is 9.99. The van der Waals surface area contributed by atoms with E-state index in [2.05, 4.69) is 23.5 Å². The molecule has 0 unspecified atom stereocenters. The molecule has 0 radical (unpaired) electrons. The number of carbonyl (C=O) groups excluding carboxylic acids is 1. The van der Waals surface area contributed by atoms with Gasteiger partial charge in [-0.1, -0.05) is 42.2 Å². The molecule has 0 spiro atoms. The zero-order valence-electron chi connectivity index (χ0n) is 14.8. The van der Waals surface area contributed by atoms with E-state index in [-0.39, 0.29) is 11.5 Å². The number of hydrogen-bond acceptors (Lipinski definition) is 6. The molecular formula is C19H18N4O2S2. The summed E-state index contributed by atoms with van der Waals surface area (Å²) in [4.78, 5) is 32.0. The van der Waals surface area contributed by atoms with E-state index in [0.29, 0.717) is 39.3 Å². The molecular weight excluding hydrogens is 380 g/mol. The molecule has 0 bridgehead atoms. The van der Waals surface area contributed by atoms with Crippen LogP contribution in [0.2, 0.25) is 0 Å². The van der Waals surface area contributed by atoms with Crippen LogP contribution in [0.3, 0.4) is 0 Å². The van der Waals surface area contributed by atoms with E-state index in [4.69, 9.17) is 12.2 Å². The molecule has 0 aromatic carbocycles. The molecule has 1 aliphatic rings. The molecule has 3 heterocycles. The molecule has 1 aliphatic heterocycles. The molecule has 2 aromatic rings. The third-order valence-electron chi connectivity index (χ3n) is 3.88. The second-order valence-corrected chi connectivity index (χ2v) is 7.54. The Balaban J connectivity index is 2.17. The Morgan fingerprint density at radius 3 is 2.78 bits per heavy atom. The minimum absolute atomic E-state index is 0.242. The number of fused-ring (bicyclic) bond motifs is 1. The van der Waals surface area contributed by atoms with Crippen LogP contribution in [0.5, 0.6) is 0 Å². The lowest BCUT2D eigenvalue weighted by molar-refractivity contribution is -0.121. The van der Waals surface area contributed by atoms with Gasteiger partial charge in [-0.05, 0) is 24.6 Å². The van der Waals surface area contributed by atoms with Crippen LogP contribution < -0.4 is 10.9 Å². The summed E-state index contributed by atoms with van der Waals surface area (Å²) >= 11 is 6.42. The van der Waals surface area contributed by atoms with Crippen molar-refractivity contribution in [1.82, 2.24) is 14.3 Å². The van der Waals surface area contributed by atoms with Gasteiger partial charge in [0.2, 0.25) is 0 Å². The molecule has 1 amide bonds. The first kappa shape index (κ1) is 19.1. The standard InChI is InChI=1S/C19H18N4O2S2/c1-4-8-20-16-13(10-14-18(25)22(9-5-2)19(26)27-14)17(24)23-11-12(3)6-7-15(23)21-16/h4-7,10-11,20H,1-2,8-9H2,3H3/b14-10+. The molecule has 8 heteroatoms. The number of thioether (sulfide) groups is 1. The summed E-state index contributed by atoms with van der Waals surface area (Å²) in [5, 5.41) is 3.08. The van der Waals surface area contributed by atoms with Gasteiger partial charge in [-0.15, -0.1) is 13.2 Å². The number of anilines is 1. The fraction of sp³-hybridized carbons (Fsp3) is 0.158. The summed E-state index contributed by atoms with van der Waals surface area (Å²) in [7, 11) is 0. The van der Waals surface area contributed by atoms with E-state index in [1.54, 1.807) is 30.5 Å². The summed E-state index contributed by atoms with van der Waals surface area (Å²) in [6.07, 6.45) is 6.56. The van der Waals surface area contributed by atoms with Crippen LogP contribution in [0.15, 0.2) is 53.3 Å². The highest BCUT2D eigenvalue weighted by Gasteiger charge is 2.31. The van der Waals surface area contributed by atoms with Gasteiger partial charge < -0.3 is 5.32 Å². The van der Waals surface area contributed by atoms with Crippen LogP contribution in [-0.2, 0) is 4.79 Å². The zero-order valence-corrected chi connectivity index (χ0v) is 16.4. The lowest BCUT2D eigenvalue weighted by atomic mass is 10.2. The van der Waals surface area contributed by atoms with Crippen LogP contribution in [-0.4, -0.2) is 37.6 Å². The van der Waals surface area contributed by atoms with Gasteiger partial charge in [-0.2, -0.15) is 0 Å². The Labute approximate surface area is 166 Å². The number of carbonyl (C=O) groups is 1. The largest absolute Gasteiger partial charge is 0.366 e. The van der Waals surface area contributed by atoms with Gasteiger partial charge in [0.05, 0.1) is 10.5 Å². The van der Waals surface area contributed by atoms with E-state index in [1.807, 2.05) is 13.0 Å². The SMILES string of the molecule is C=CCNc1nc2ccc(C)cn2c(=O)c1/C=C1/SC(=S)N(CC=C)C1=O. The topological polar surface area (TPSA) is 66.7 Å². The van der Waals surface area contributed by atoms with Gasteiger partial charge >= 0.3 is 0 Å². The molecule has 2 aromatic heterocycles. The monoisotopic (exact) mass is 398 g/mol. The van der Waals surface area contributed by atoms with Crippen molar-refractivity contribution in [1.29, 1.82) is 0 Å². The highest BCUT2D eigenvalue weighted by Crippen LogP contribution is 2.32. The maximum Gasteiger partial charge on any atom is 0.267 e. The fourth-order valence-electron chi connectivity index (χ4n) is 2.61. The first-order valence-corrected chi connectivity index (χ1v) is 9.42. The number of hydrogen-bond donors (Lipinski definition) is 1. The van der Waals surface area contributed by atoms with E-state index >= 15 is 0 Å². The van der Waals surface area contributed by atoms with Crippen LogP contribution in [0.4, 0.5) is 5.82 Å². The molecule has 27 heavy (non-hydrogen) atoms. The predicted octanol–water partition coefficient (Wildman–Crippen LogP) is 2.99. The summed E-state index contributed by atoms with van der Waals surface area (Å²) < 4.78 is 1.92. The van der Waals surface area contributed by atoms with Crippen LogP contribution in [0, 0.1) is 6.92 Å². The Morgan fingerprint density at radius 2 is 2.07 bits per heavy atom. The lowest BCUT2D eigenvalue weighted by Crippen LogP contribution is -2.28. The van der Waals surface area contributed by atoms with Crippen LogP contribution in [0.25, 0.3) is 11.7 Å². The van der Waals surface area contributed by atoms with Crippen molar-refractivity contribution in [2.45, 2.75) is 6.92 Å². The van der Waals surface area contributed by atoms with Gasteiger partial charge in [0.25, 0.3) is 11.5 Å². The normalized spacial score (nSPS) is 15.6. The van der Waals surface area contributed by atoms with E-state index < -0.39 is 0 Å². The Kier molecular flexibility index (Phi) is 5.57. The molecule has 1 N–H and O–H groups in total. The molecule has 0 atom stereocenters. The van der Waals surface area contributed by atoms with Crippen molar-refractivity contribution in [3.05, 3.63) is 70.0 Å². The molecule has 1 fully saturated rings. The number of aryl methyl sites for hydroxylation is 1. The fourth-order valence-corrected chi connectivity index (χ4v) is 3.87. The molecule has 138 valence electrons. The second-order valence-electron chi connectivity index (χ2n) is 5.86. The summed E-state index contributed by atoms with van der Waals surface area (Å²) in [5.74, 6) is 0.158. The zero-order chi connectivity index (χ0) is 19.6. The van der Waals surface area contributed by atoms with Gasteiger partial charge in [-0.25, -0.2) is 4.98 Å². The molecule has 3 rings (SSSR count). The lowest BCUT2D eigenvalue weighted by Gasteiger charge is -2.11. The smallest absolute Gasteiger partial charge is 0.267 e. The second kappa shape index (κ2) is 7.89. The maximum absolute atomic E-state index is 13.1. The van der Waals surface area contributed by atoms with Crippen molar-refractivity contribution in [3.8, 4) is 0 Å². The summed E-state index contributed by atoms with van der Waals surface area (Å²) in [6, 6.07) is 3.67. The average Bonchev–Trinajstić information content (AvgIpc) is 2.91. The van der Waals surface area contributed by atoms with Crippen LogP contribution in [0.1, 0.15) is 11.1 Å². The number of aromatic nitrogens is 2. The Hall–Kier alpha value is -2.71. The third kappa shape index (κ3) is 3.72. The van der Waals surface area contributed by atoms with Gasteiger partial charge in [-0.3, -0.25) is 18.9 Å². The van der Waals surface area contributed by atoms with Gasteiger partial charge in [0, 0.05) is 19.3 Å². The van der Waals surface area contributed by atoms with Crippen molar-refractivity contribution in [2.75, 3.05) is 18.4 Å². The van der Waals surface area contributed by atoms with E-state index in [0.717, 1.165) is 17.3 Å². The maximum atomic E-state index is 13.1. The van der Waals surface area contributed by atoms with Crippen molar-refractivity contribution in [2.24, 2.45) is 0 Å². The third-order valence-corrected chi connectivity index (χ3v) is 5.26. The molecule has 0 saturated carbocycles. The minimum atomic E-state index is -0.260. The Bertz CT molecular complexity index is 1060. The Morgan fingerprint density at radius 1 is 1.30 bits per heavy atom. The average molecular weight is 399 g/mol. The first-order valence-electron chi connectivity index (χ1n) is 8.20. The van der Waals surface area contributed by atoms with Crippen LogP contribution >= 0.6 is 24.0 Å².